The maximum absolute atomic E-state index is 4.96. The fourth-order valence-electron chi connectivity index (χ4n) is 8.61. The summed E-state index contributed by atoms with van der Waals surface area (Å²) in [5, 5.41) is 7.85. The molecule has 1 heterocycles. The van der Waals surface area contributed by atoms with Crippen LogP contribution >= 0.6 is 0 Å². The van der Waals surface area contributed by atoms with Crippen molar-refractivity contribution >= 4 is 32.3 Å². The normalized spacial score (nSPS) is 14.2. The summed E-state index contributed by atoms with van der Waals surface area (Å²) in [6.07, 6.45) is 0. The van der Waals surface area contributed by atoms with Gasteiger partial charge in [0.2, 0.25) is 0 Å². The summed E-state index contributed by atoms with van der Waals surface area (Å²) in [5.74, 6) is 1.98. The Bertz CT molecular complexity index is 2850. The third-order valence-corrected chi connectivity index (χ3v) is 12.3. The molecule has 9 aromatic rings. The molecule has 54 heavy (non-hydrogen) atoms. The molecule has 0 radical (unpaired) electrons. The summed E-state index contributed by atoms with van der Waals surface area (Å²) in [4.78, 5) is 14.8. The Morgan fingerprint density at radius 1 is 0.296 bits per heavy atom. The van der Waals surface area contributed by atoms with Gasteiger partial charge in [-0.05, 0) is 94.7 Å². The fourth-order valence-corrected chi connectivity index (χ4v) is 8.61. The average Bonchev–Trinajstić information content (AvgIpc) is 3.23. The summed E-state index contributed by atoms with van der Waals surface area (Å²) >= 11 is 0. The molecule has 0 saturated carbocycles. The lowest BCUT2D eigenvalue weighted by atomic mass is 9.55. The Morgan fingerprint density at radius 3 is 1.19 bits per heavy atom. The van der Waals surface area contributed by atoms with E-state index in [1.807, 2.05) is 60.7 Å². The van der Waals surface area contributed by atoms with Gasteiger partial charge in [-0.1, -0.05) is 173 Å². The molecular weight excluding hydrogens is 655 g/mol. The largest absolute Gasteiger partial charge is 0.208 e. The zero-order chi connectivity index (χ0) is 36.6. The zero-order valence-electron chi connectivity index (χ0n) is 30.9. The molecule has 3 nitrogen and oxygen atoms in total. The summed E-state index contributed by atoms with van der Waals surface area (Å²) in [6.45, 7) is 9.66. The van der Waals surface area contributed by atoms with Gasteiger partial charge in [0.25, 0.3) is 0 Å². The van der Waals surface area contributed by atoms with Crippen LogP contribution in [0.1, 0.15) is 38.8 Å². The van der Waals surface area contributed by atoms with Gasteiger partial charge in [0, 0.05) is 16.7 Å². The third-order valence-electron chi connectivity index (χ3n) is 12.3. The van der Waals surface area contributed by atoms with Gasteiger partial charge in [-0.3, -0.25) is 0 Å². The first-order valence-electron chi connectivity index (χ1n) is 18.8. The average molecular weight is 694 g/mol. The standard InChI is InChI=1S/C51H39N3/c1-50(2)45-28-27-36(32-23-25-35(26-24-32)49-53-47(33-15-7-5-8-16-33)52-48(54-49)34-17-9-6-10-18-34)29-43(45)44-30-41-39-21-13-11-19-37(39)38-20-12-14-22-40(38)42(41)31-46(44)51(50,3)4/h5-31H,1-4H3. The molecule has 1 aliphatic rings. The van der Waals surface area contributed by atoms with Crippen LogP contribution in [0.25, 0.3) is 88.7 Å². The summed E-state index contributed by atoms with van der Waals surface area (Å²) in [6, 6.07) is 58.8. The van der Waals surface area contributed by atoms with Gasteiger partial charge >= 0.3 is 0 Å². The number of hydrogen-bond donors (Lipinski definition) is 0. The third kappa shape index (κ3) is 4.92. The van der Waals surface area contributed by atoms with E-state index in [1.165, 1.54) is 60.1 Å². The first kappa shape index (κ1) is 32.2. The Kier molecular flexibility index (Phi) is 7.19. The highest BCUT2D eigenvalue weighted by Gasteiger charge is 2.46. The molecule has 3 heteroatoms. The van der Waals surface area contributed by atoms with Gasteiger partial charge in [0.1, 0.15) is 0 Å². The van der Waals surface area contributed by atoms with Crippen LogP contribution < -0.4 is 0 Å². The van der Waals surface area contributed by atoms with Crippen LogP contribution in [0.4, 0.5) is 0 Å². The minimum absolute atomic E-state index is 0.0936. The lowest BCUT2D eigenvalue weighted by Gasteiger charge is -2.48. The van der Waals surface area contributed by atoms with Crippen molar-refractivity contribution in [3.05, 3.63) is 175 Å². The van der Waals surface area contributed by atoms with Crippen LogP contribution in [0.3, 0.4) is 0 Å². The minimum Gasteiger partial charge on any atom is -0.208 e. The van der Waals surface area contributed by atoms with Gasteiger partial charge in [-0.2, -0.15) is 0 Å². The molecule has 10 rings (SSSR count). The van der Waals surface area contributed by atoms with Crippen LogP contribution in [0.5, 0.6) is 0 Å². The first-order chi connectivity index (χ1) is 26.3. The van der Waals surface area contributed by atoms with Crippen molar-refractivity contribution in [1.29, 1.82) is 0 Å². The SMILES string of the molecule is CC1(C)c2ccc(-c3ccc(-c4nc(-c5ccccc5)nc(-c5ccccc5)n4)cc3)cc2-c2cc3c4ccccc4c4ccccc4c3cc2C1(C)C. The van der Waals surface area contributed by atoms with E-state index in [9.17, 15) is 0 Å². The highest BCUT2D eigenvalue weighted by molar-refractivity contribution is 6.26. The highest BCUT2D eigenvalue weighted by Crippen LogP contribution is 2.56. The van der Waals surface area contributed by atoms with Crippen molar-refractivity contribution in [3.8, 4) is 56.4 Å². The van der Waals surface area contributed by atoms with Crippen molar-refractivity contribution in [2.45, 2.75) is 38.5 Å². The van der Waals surface area contributed by atoms with Crippen molar-refractivity contribution < 1.29 is 0 Å². The topological polar surface area (TPSA) is 38.7 Å². The van der Waals surface area contributed by atoms with E-state index in [0.29, 0.717) is 17.5 Å². The van der Waals surface area contributed by atoms with Gasteiger partial charge in [-0.25, -0.2) is 15.0 Å². The Hall–Kier alpha value is -6.45. The molecule has 8 aromatic carbocycles. The van der Waals surface area contributed by atoms with Crippen LogP contribution in [-0.2, 0) is 10.8 Å². The van der Waals surface area contributed by atoms with Crippen molar-refractivity contribution in [3.63, 3.8) is 0 Å². The molecule has 0 aliphatic heterocycles. The molecule has 1 aliphatic carbocycles. The number of nitrogens with zero attached hydrogens (tertiary/aromatic N) is 3. The van der Waals surface area contributed by atoms with Crippen LogP contribution in [0.15, 0.2) is 164 Å². The van der Waals surface area contributed by atoms with Gasteiger partial charge in [0.05, 0.1) is 0 Å². The molecule has 0 N–H and O–H groups in total. The quantitative estimate of drug-likeness (QED) is 0.172. The van der Waals surface area contributed by atoms with Crippen LogP contribution in [0.2, 0.25) is 0 Å². The van der Waals surface area contributed by atoms with Gasteiger partial charge < -0.3 is 0 Å². The number of fused-ring (bicyclic) bond motifs is 9. The fraction of sp³-hybridized carbons (Fsp3) is 0.118. The lowest BCUT2D eigenvalue weighted by Crippen LogP contribution is -2.43. The predicted octanol–water partition coefficient (Wildman–Crippen LogP) is 13.2. The lowest BCUT2D eigenvalue weighted by molar-refractivity contribution is 0.299. The van der Waals surface area contributed by atoms with E-state index >= 15 is 0 Å². The van der Waals surface area contributed by atoms with Gasteiger partial charge in [-0.15, -0.1) is 0 Å². The molecule has 258 valence electrons. The zero-order valence-corrected chi connectivity index (χ0v) is 30.9. The van der Waals surface area contributed by atoms with E-state index in [-0.39, 0.29) is 10.8 Å². The number of hydrogen-bond acceptors (Lipinski definition) is 3. The molecule has 0 atom stereocenters. The first-order valence-corrected chi connectivity index (χ1v) is 18.8. The summed E-state index contributed by atoms with van der Waals surface area (Å²) in [5.41, 5.74) is 10.5. The molecule has 0 spiro atoms. The Balaban J connectivity index is 1.11. The summed E-state index contributed by atoms with van der Waals surface area (Å²) < 4.78 is 0. The molecule has 0 saturated heterocycles. The van der Waals surface area contributed by atoms with E-state index in [4.69, 9.17) is 15.0 Å². The smallest absolute Gasteiger partial charge is 0.164 e. The maximum atomic E-state index is 4.96. The van der Waals surface area contributed by atoms with E-state index < -0.39 is 0 Å². The number of rotatable bonds is 4. The maximum Gasteiger partial charge on any atom is 0.164 e. The van der Waals surface area contributed by atoms with Crippen molar-refractivity contribution in [2.24, 2.45) is 0 Å². The molecular formula is C51H39N3. The molecule has 0 unspecified atom stereocenters. The summed E-state index contributed by atoms with van der Waals surface area (Å²) in [7, 11) is 0. The second-order valence-corrected chi connectivity index (χ2v) is 15.7. The highest BCUT2D eigenvalue weighted by atomic mass is 15.0. The van der Waals surface area contributed by atoms with Crippen LogP contribution in [-0.4, -0.2) is 15.0 Å². The Labute approximate surface area is 316 Å². The van der Waals surface area contributed by atoms with E-state index in [0.717, 1.165) is 22.3 Å². The number of benzene rings is 8. The van der Waals surface area contributed by atoms with Crippen molar-refractivity contribution in [2.75, 3.05) is 0 Å². The van der Waals surface area contributed by atoms with Crippen LogP contribution in [0, 0.1) is 0 Å². The molecule has 0 fully saturated rings. The van der Waals surface area contributed by atoms with Crippen molar-refractivity contribution in [1.82, 2.24) is 15.0 Å². The molecule has 1 aromatic heterocycles. The second-order valence-electron chi connectivity index (χ2n) is 15.7. The second kappa shape index (κ2) is 12.0. The van der Waals surface area contributed by atoms with Gasteiger partial charge in [0.15, 0.2) is 17.5 Å². The molecule has 0 bridgehead atoms. The monoisotopic (exact) mass is 693 g/mol. The van der Waals surface area contributed by atoms with E-state index in [2.05, 4.69) is 131 Å². The van der Waals surface area contributed by atoms with E-state index in [1.54, 1.807) is 0 Å². The minimum atomic E-state index is -0.0960. The number of aromatic nitrogens is 3. The Morgan fingerprint density at radius 2 is 0.667 bits per heavy atom. The predicted molar refractivity (Wildman–Crippen MR) is 226 cm³/mol. The molecule has 0 amide bonds.